The minimum atomic E-state index is -0.477. The lowest BCUT2D eigenvalue weighted by atomic mass is 9.78. The molecule has 5 rings (SSSR count). The van der Waals surface area contributed by atoms with Gasteiger partial charge in [-0.3, -0.25) is 14.5 Å². The van der Waals surface area contributed by atoms with Gasteiger partial charge >= 0.3 is 0 Å². The van der Waals surface area contributed by atoms with Gasteiger partial charge in [0, 0.05) is 33.6 Å². The van der Waals surface area contributed by atoms with Crippen molar-refractivity contribution in [3.05, 3.63) is 67.9 Å². The van der Waals surface area contributed by atoms with E-state index in [2.05, 4.69) is 26.6 Å². The Morgan fingerprint density at radius 3 is 2.84 bits per heavy atom. The van der Waals surface area contributed by atoms with Gasteiger partial charge in [-0.05, 0) is 44.0 Å². The summed E-state index contributed by atoms with van der Waals surface area (Å²) in [4.78, 5) is 33.3. The molecule has 1 unspecified atom stereocenters. The van der Waals surface area contributed by atoms with Gasteiger partial charge in [0.1, 0.15) is 11.6 Å². The molecule has 0 radical (unpaired) electrons. The van der Waals surface area contributed by atoms with E-state index in [9.17, 15) is 14.9 Å². The predicted molar refractivity (Wildman–Crippen MR) is 145 cm³/mol. The van der Waals surface area contributed by atoms with Crippen molar-refractivity contribution in [3.63, 3.8) is 0 Å². The van der Waals surface area contributed by atoms with Crippen LogP contribution in [0.15, 0.2) is 57.5 Å². The van der Waals surface area contributed by atoms with Crippen LogP contribution < -0.4 is 16.0 Å². The number of carbonyl (C=O) groups is 2. The number of nitrogens with two attached hydrogens (primary N) is 1. The molecule has 37 heavy (non-hydrogen) atoms. The number of hydrogen-bond donors (Lipinski definition) is 2. The number of nitrogens with one attached hydrogen (secondary N) is 1. The lowest BCUT2D eigenvalue weighted by Gasteiger charge is -2.37. The molecular formula is C24H20ClN7O2S3. The highest BCUT2D eigenvalue weighted by molar-refractivity contribution is 8.01. The molecule has 4 heterocycles. The minimum absolute atomic E-state index is 0.0224. The number of amides is 1. The smallest absolute Gasteiger partial charge is 0.235 e. The Balaban J connectivity index is 1.40. The van der Waals surface area contributed by atoms with Crippen molar-refractivity contribution in [3.8, 4) is 6.07 Å². The topological polar surface area (TPSA) is 138 Å². The Hall–Kier alpha value is -3.24. The van der Waals surface area contributed by atoms with Crippen LogP contribution in [0.3, 0.4) is 0 Å². The Morgan fingerprint density at radius 2 is 2.14 bits per heavy atom. The Labute approximate surface area is 230 Å². The first-order valence-corrected chi connectivity index (χ1v) is 14.3. The van der Waals surface area contributed by atoms with Gasteiger partial charge in [-0.25, -0.2) is 4.98 Å². The van der Waals surface area contributed by atoms with Gasteiger partial charge in [0.25, 0.3) is 0 Å². The van der Waals surface area contributed by atoms with E-state index in [4.69, 9.17) is 17.3 Å². The second kappa shape index (κ2) is 10.6. The number of thioether (sulfide) groups is 1. The van der Waals surface area contributed by atoms with E-state index >= 15 is 0 Å². The highest BCUT2D eigenvalue weighted by Crippen LogP contribution is 2.48. The summed E-state index contributed by atoms with van der Waals surface area (Å²) >= 11 is 9.86. The first-order chi connectivity index (χ1) is 17.9. The summed E-state index contributed by atoms with van der Waals surface area (Å²) in [6, 6.07) is 9.46. The number of pyridine rings is 1. The zero-order chi connectivity index (χ0) is 26.1. The molecule has 0 saturated carbocycles. The molecule has 13 heteroatoms. The molecule has 0 aromatic carbocycles. The van der Waals surface area contributed by atoms with Gasteiger partial charge in [0.05, 0.1) is 28.3 Å². The number of hydrogen-bond acceptors (Lipinski definition) is 11. The van der Waals surface area contributed by atoms with Gasteiger partial charge in [-0.1, -0.05) is 34.7 Å². The third kappa shape index (κ3) is 5.13. The van der Waals surface area contributed by atoms with Crippen LogP contribution in [0.5, 0.6) is 0 Å². The molecular weight excluding hydrogens is 550 g/mol. The summed E-state index contributed by atoms with van der Waals surface area (Å²) in [7, 11) is 0. The SMILES string of the molecule is Cc1ccc(C2C(C#N)=C(N)N(c3nnc(SCC(=O)Nc4ccc(Cl)cn4)s3)C3=C2C(=O)CCC3)s1. The fraction of sp³-hybridized carbons (Fsp3) is 0.250. The van der Waals surface area contributed by atoms with E-state index in [1.54, 1.807) is 28.4 Å². The zero-order valence-electron chi connectivity index (χ0n) is 19.5. The number of anilines is 2. The van der Waals surface area contributed by atoms with Crippen molar-refractivity contribution in [2.75, 3.05) is 16.0 Å². The Bertz CT molecular complexity index is 1490. The van der Waals surface area contributed by atoms with Crippen LogP contribution in [0.1, 0.15) is 34.9 Å². The third-order valence-corrected chi connectivity index (χ3v) is 9.20. The number of nitrogens with zero attached hydrogens (tertiary/aromatic N) is 5. The number of thiophene rings is 1. The van der Waals surface area contributed by atoms with Gasteiger partial charge in [-0.2, -0.15) is 5.26 Å². The van der Waals surface area contributed by atoms with Crippen molar-refractivity contribution in [2.24, 2.45) is 5.73 Å². The molecule has 2 aliphatic rings. The molecule has 188 valence electrons. The van der Waals surface area contributed by atoms with Gasteiger partial charge in [0.15, 0.2) is 10.1 Å². The molecule has 0 spiro atoms. The van der Waals surface area contributed by atoms with E-state index in [1.165, 1.54) is 29.3 Å². The highest BCUT2D eigenvalue weighted by atomic mass is 35.5. The van der Waals surface area contributed by atoms with Crippen LogP contribution in [0.4, 0.5) is 10.9 Å². The van der Waals surface area contributed by atoms with Crippen molar-refractivity contribution < 1.29 is 9.59 Å². The minimum Gasteiger partial charge on any atom is -0.384 e. The number of aryl methyl sites for hydroxylation is 1. The van der Waals surface area contributed by atoms with Crippen molar-refractivity contribution in [2.45, 2.75) is 36.4 Å². The number of allylic oxidation sites excluding steroid dienone is 3. The van der Waals surface area contributed by atoms with E-state index in [1.807, 2.05) is 19.1 Å². The fourth-order valence-corrected chi connectivity index (χ4v) is 7.10. The van der Waals surface area contributed by atoms with Gasteiger partial charge in [-0.15, -0.1) is 21.5 Å². The first-order valence-electron chi connectivity index (χ1n) is 11.3. The fourth-order valence-electron chi connectivity index (χ4n) is 4.31. The lowest BCUT2D eigenvalue weighted by Crippen LogP contribution is -2.38. The summed E-state index contributed by atoms with van der Waals surface area (Å²) in [5, 5.41) is 22.2. The molecule has 3 aromatic rings. The standard InChI is InChI=1S/C24H20ClN7O2S3/c1-12-5-7-17(36-12)20-14(9-26)22(27)32(15-3-2-4-16(33)21(15)20)23-30-31-24(37-23)35-11-19(34)29-18-8-6-13(25)10-28-18/h5-8,10,20H,2-4,11,27H2,1H3,(H,28,29,34). The number of nitriles is 1. The maximum atomic E-state index is 13.2. The quantitative estimate of drug-likeness (QED) is 0.393. The number of halogens is 1. The van der Waals surface area contributed by atoms with E-state index in [-0.39, 0.29) is 23.3 Å². The van der Waals surface area contributed by atoms with Crippen molar-refractivity contribution >= 4 is 68.7 Å². The summed E-state index contributed by atoms with van der Waals surface area (Å²) < 4.78 is 0.556. The lowest BCUT2D eigenvalue weighted by molar-refractivity contribution is -0.116. The normalized spacial score (nSPS) is 17.6. The number of Topliss-reactive ketones (excluding diaryl/α,β-unsaturated/α-hetero) is 1. The maximum absolute atomic E-state index is 13.2. The molecule has 0 bridgehead atoms. The third-order valence-electron chi connectivity index (χ3n) is 5.87. The summed E-state index contributed by atoms with van der Waals surface area (Å²) in [6.45, 7) is 1.99. The molecule has 3 N–H and O–H groups in total. The molecule has 1 aliphatic carbocycles. The first kappa shape index (κ1) is 25.4. The maximum Gasteiger partial charge on any atom is 0.235 e. The predicted octanol–water partition coefficient (Wildman–Crippen LogP) is 4.99. The second-order valence-electron chi connectivity index (χ2n) is 8.31. The van der Waals surface area contributed by atoms with E-state index in [0.29, 0.717) is 50.7 Å². The number of aromatic nitrogens is 3. The Kier molecular flexibility index (Phi) is 7.30. The zero-order valence-corrected chi connectivity index (χ0v) is 22.7. The monoisotopic (exact) mass is 569 g/mol. The van der Waals surface area contributed by atoms with Gasteiger partial charge < -0.3 is 11.1 Å². The van der Waals surface area contributed by atoms with E-state index < -0.39 is 5.92 Å². The van der Waals surface area contributed by atoms with Crippen LogP contribution in [0.25, 0.3) is 0 Å². The van der Waals surface area contributed by atoms with Crippen LogP contribution in [-0.4, -0.2) is 32.6 Å². The molecule has 1 aliphatic heterocycles. The molecule has 0 saturated heterocycles. The van der Waals surface area contributed by atoms with Crippen LogP contribution >= 0.6 is 46.0 Å². The van der Waals surface area contributed by atoms with Crippen LogP contribution in [-0.2, 0) is 9.59 Å². The molecule has 9 nitrogen and oxygen atoms in total. The average molecular weight is 570 g/mol. The molecule has 1 atom stereocenters. The average Bonchev–Trinajstić information content (AvgIpc) is 3.52. The summed E-state index contributed by atoms with van der Waals surface area (Å²) in [5.74, 6) is 0.0489. The van der Waals surface area contributed by atoms with Crippen molar-refractivity contribution in [1.29, 1.82) is 5.26 Å². The van der Waals surface area contributed by atoms with Crippen LogP contribution in [0.2, 0.25) is 5.02 Å². The molecule has 0 fully saturated rings. The Morgan fingerprint density at radius 1 is 1.30 bits per heavy atom. The number of rotatable bonds is 6. The largest absolute Gasteiger partial charge is 0.384 e. The van der Waals surface area contributed by atoms with E-state index in [0.717, 1.165) is 15.5 Å². The molecule has 3 aromatic heterocycles. The second-order valence-corrected chi connectivity index (χ2v) is 12.2. The summed E-state index contributed by atoms with van der Waals surface area (Å²) in [5.41, 5.74) is 8.28. The van der Waals surface area contributed by atoms with Crippen LogP contribution in [0, 0.1) is 18.3 Å². The van der Waals surface area contributed by atoms with Gasteiger partial charge in [0.2, 0.25) is 11.0 Å². The number of carbonyl (C=O) groups excluding carboxylic acids is 2. The molecule has 1 amide bonds. The van der Waals surface area contributed by atoms with Crippen molar-refractivity contribution in [1.82, 2.24) is 15.2 Å². The summed E-state index contributed by atoms with van der Waals surface area (Å²) in [6.07, 6.45) is 3.22. The number of ketones is 1. The highest BCUT2D eigenvalue weighted by Gasteiger charge is 2.41.